The topological polar surface area (TPSA) is 62.3 Å². The first-order chi connectivity index (χ1) is 9.16. The lowest BCUT2D eigenvalue weighted by molar-refractivity contribution is 0.302. The molecule has 1 aromatic heterocycles. The molecule has 0 bridgehead atoms. The molecule has 0 aliphatic rings. The van der Waals surface area contributed by atoms with E-state index in [4.69, 9.17) is 0 Å². The largest absolute Gasteiger partial charge is 0.368 e. The second-order valence-corrected chi connectivity index (χ2v) is 7.54. The zero-order chi connectivity index (χ0) is 15.5. The molecule has 0 aliphatic carbocycles. The van der Waals surface area contributed by atoms with E-state index in [1.165, 1.54) is 10.5 Å². The van der Waals surface area contributed by atoms with Gasteiger partial charge in [0, 0.05) is 24.3 Å². The Labute approximate surface area is 122 Å². The molecule has 0 aliphatic heterocycles. The fraction of sp³-hybridized carbons (Fsp3) is 0.643. The molecule has 0 spiro atoms. The summed E-state index contributed by atoms with van der Waals surface area (Å²) in [6.45, 7) is 11.5. The molecule has 1 heterocycles. The molecule has 1 rings (SSSR count). The predicted molar refractivity (Wildman–Crippen MR) is 82.3 cm³/mol. The molecule has 0 saturated carbocycles. The number of pyridine rings is 1. The number of hydrogen-bond donors (Lipinski definition) is 1. The van der Waals surface area contributed by atoms with E-state index in [9.17, 15) is 8.42 Å². The van der Waals surface area contributed by atoms with Crippen LogP contribution in [0.2, 0.25) is 0 Å². The Morgan fingerprint density at radius 3 is 1.95 bits per heavy atom. The second kappa shape index (κ2) is 6.54. The van der Waals surface area contributed by atoms with Gasteiger partial charge in [-0.1, -0.05) is 0 Å². The van der Waals surface area contributed by atoms with Crippen LogP contribution in [0.5, 0.6) is 0 Å². The molecule has 0 radical (unpaired) electrons. The van der Waals surface area contributed by atoms with Gasteiger partial charge in [-0.25, -0.2) is 13.4 Å². The minimum atomic E-state index is -3.50. The monoisotopic (exact) mass is 299 g/mol. The van der Waals surface area contributed by atoms with Crippen molar-refractivity contribution in [2.75, 3.05) is 5.32 Å². The van der Waals surface area contributed by atoms with Crippen molar-refractivity contribution in [1.82, 2.24) is 9.29 Å². The summed E-state index contributed by atoms with van der Waals surface area (Å²) in [6, 6.07) is 3.38. The van der Waals surface area contributed by atoms with E-state index in [0.717, 1.165) is 0 Å². The smallest absolute Gasteiger partial charge is 0.245 e. The zero-order valence-electron chi connectivity index (χ0n) is 13.1. The van der Waals surface area contributed by atoms with Crippen LogP contribution in [0.4, 0.5) is 5.82 Å². The van der Waals surface area contributed by atoms with Crippen molar-refractivity contribution in [3.63, 3.8) is 0 Å². The second-order valence-electron chi connectivity index (χ2n) is 5.70. The quantitative estimate of drug-likeness (QED) is 0.877. The maximum Gasteiger partial charge on any atom is 0.245 e. The lowest BCUT2D eigenvalue weighted by Gasteiger charge is -2.29. The average Bonchev–Trinajstić information content (AvgIpc) is 2.26. The van der Waals surface area contributed by atoms with Gasteiger partial charge in [-0.05, 0) is 53.7 Å². The van der Waals surface area contributed by atoms with Crippen LogP contribution < -0.4 is 5.32 Å². The van der Waals surface area contributed by atoms with Crippen molar-refractivity contribution in [3.8, 4) is 0 Å². The van der Waals surface area contributed by atoms with Gasteiger partial charge in [0.2, 0.25) is 10.0 Å². The minimum Gasteiger partial charge on any atom is -0.368 e. The van der Waals surface area contributed by atoms with Crippen LogP contribution in [-0.4, -0.2) is 35.8 Å². The third-order valence-electron chi connectivity index (χ3n) is 2.77. The van der Waals surface area contributed by atoms with E-state index in [1.54, 1.807) is 12.1 Å². The molecule has 0 unspecified atom stereocenters. The van der Waals surface area contributed by atoms with Gasteiger partial charge < -0.3 is 5.32 Å². The van der Waals surface area contributed by atoms with Gasteiger partial charge in [0.15, 0.2) is 0 Å². The highest BCUT2D eigenvalue weighted by atomic mass is 32.2. The van der Waals surface area contributed by atoms with Crippen LogP contribution in [0, 0.1) is 0 Å². The fourth-order valence-corrected chi connectivity index (χ4v) is 3.97. The van der Waals surface area contributed by atoms with E-state index >= 15 is 0 Å². The van der Waals surface area contributed by atoms with Crippen LogP contribution >= 0.6 is 0 Å². The molecular weight excluding hydrogens is 274 g/mol. The van der Waals surface area contributed by atoms with Crippen LogP contribution in [-0.2, 0) is 10.0 Å². The highest BCUT2D eigenvalue weighted by Crippen LogP contribution is 2.21. The van der Waals surface area contributed by atoms with Crippen molar-refractivity contribution >= 4 is 15.8 Å². The number of hydrogen-bond acceptors (Lipinski definition) is 4. The molecule has 20 heavy (non-hydrogen) atoms. The Morgan fingerprint density at radius 2 is 1.60 bits per heavy atom. The van der Waals surface area contributed by atoms with E-state index in [0.29, 0.717) is 5.82 Å². The maximum absolute atomic E-state index is 12.6. The third kappa shape index (κ3) is 3.93. The molecule has 1 aromatic rings. The summed E-state index contributed by atoms with van der Waals surface area (Å²) in [5.74, 6) is 0.680. The van der Waals surface area contributed by atoms with Crippen molar-refractivity contribution in [3.05, 3.63) is 18.3 Å². The van der Waals surface area contributed by atoms with Gasteiger partial charge >= 0.3 is 0 Å². The first-order valence-electron chi connectivity index (χ1n) is 6.92. The summed E-state index contributed by atoms with van der Waals surface area (Å²) in [7, 11) is -3.50. The van der Waals surface area contributed by atoms with Crippen LogP contribution in [0.25, 0.3) is 0 Å². The SMILES string of the molecule is CC(C)Nc1ccc(S(=O)(=O)N(C(C)C)C(C)C)cn1. The van der Waals surface area contributed by atoms with E-state index in [1.807, 2.05) is 41.5 Å². The highest BCUT2D eigenvalue weighted by Gasteiger charge is 2.29. The van der Waals surface area contributed by atoms with Gasteiger partial charge in [0.25, 0.3) is 0 Å². The lowest BCUT2D eigenvalue weighted by atomic mass is 10.3. The minimum absolute atomic E-state index is 0.0894. The number of rotatable bonds is 6. The Hall–Kier alpha value is -1.14. The standard InChI is InChI=1S/C14H25N3O2S/c1-10(2)16-14-8-7-13(9-15-14)20(18,19)17(11(3)4)12(5)6/h7-12H,1-6H3,(H,15,16). The third-order valence-corrected chi connectivity index (χ3v) is 5.00. The Balaban J connectivity index is 3.09. The molecule has 1 N–H and O–H groups in total. The highest BCUT2D eigenvalue weighted by molar-refractivity contribution is 7.89. The predicted octanol–water partition coefficient (Wildman–Crippen LogP) is 2.71. The van der Waals surface area contributed by atoms with Crippen LogP contribution in [0.1, 0.15) is 41.5 Å². The molecule has 6 heteroatoms. The van der Waals surface area contributed by atoms with Crippen molar-refractivity contribution in [2.24, 2.45) is 0 Å². The maximum atomic E-state index is 12.6. The summed E-state index contributed by atoms with van der Waals surface area (Å²) in [5.41, 5.74) is 0. The molecule has 5 nitrogen and oxygen atoms in total. The summed E-state index contributed by atoms with van der Waals surface area (Å²) in [5, 5.41) is 3.14. The first-order valence-corrected chi connectivity index (χ1v) is 8.36. The fourth-order valence-electron chi connectivity index (χ4n) is 2.19. The molecule has 0 fully saturated rings. The van der Waals surface area contributed by atoms with E-state index in [-0.39, 0.29) is 23.0 Å². The number of nitrogens with zero attached hydrogens (tertiary/aromatic N) is 2. The summed E-state index contributed by atoms with van der Waals surface area (Å²) in [4.78, 5) is 4.40. The van der Waals surface area contributed by atoms with E-state index in [2.05, 4.69) is 10.3 Å². The first kappa shape index (κ1) is 16.9. The average molecular weight is 299 g/mol. The van der Waals surface area contributed by atoms with Crippen LogP contribution in [0.3, 0.4) is 0 Å². The van der Waals surface area contributed by atoms with Gasteiger partial charge in [0.05, 0.1) is 0 Å². The number of aromatic nitrogens is 1. The molecule has 0 aromatic carbocycles. The van der Waals surface area contributed by atoms with E-state index < -0.39 is 10.0 Å². The zero-order valence-corrected chi connectivity index (χ0v) is 13.9. The summed E-state index contributed by atoms with van der Waals surface area (Å²) in [6.07, 6.45) is 1.41. The normalized spacial score (nSPS) is 12.7. The van der Waals surface area contributed by atoms with Gasteiger partial charge in [-0.2, -0.15) is 4.31 Å². The number of nitrogens with one attached hydrogen (secondary N) is 1. The van der Waals surface area contributed by atoms with Crippen LogP contribution in [0.15, 0.2) is 23.2 Å². The summed E-state index contributed by atoms with van der Waals surface area (Å²) >= 11 is 0. The Morgan fingerprint density at radius 1 is 1.05 bits per heavy atom. The molecule has 0 atom stereocenters. The molecule has 0 amide bonds. The summed E-state index contributed by atoms with van der Waals surface area (Å²) < 4.78 is 26.7. The van der Waals surface area contributed by atoms with Crippen molar-refractivity contribution in [2.45, 2.75) is 64.6 Å². The molecular formula is C14H25N3O2S. The Kier molecular flexibility index (Phi) is 5.53. The van der Waals surface area contributed by atoms with Gasteiger partial charge in [-0.15, -0.1) is 0 Å². The van der Waals surface area contributed by atoms with Gasteiger partial charge in [0.1, 0.15) is 10.7 Å². The molecule has 114 valence electrons. The van der Waals surface area contributed by atoms with Gasteiger partial charge in [-0.3, -0.25) is 0 Å². The van der Waals surface area contributed by atoms with Crippen molar-refractivity contribution < 1.29 is 8.42 Å². The molecule has 0 saturated heterocycles. The lowest BCUT2D eigenvalue weighted by Crippen LogP contribution is -2.41. The number of anilines is 1. The number of sulfonamides is 1. The Bertz CT molecular complexity index is 514. The van der Waals surface area contributed by atoms with Crippen molar-refractivity contribution in [1.29, 1.82) is 0 Å².